The van der Waals surface area contributed by atoms with Crippen molar-refractivity contribution >= 4 is 5.69 Å². The molecule has 2 rings (SSSR count). The molecule has 58 valence electrons. The van der Waals surface area contributed by atoms with Gasteiger partial charge in [0.2, 0.25) is 0 Å². The molecule has 1 aliphatic heterocycles. The van der Waals surface area contributed by atoms with Crippen molar-refractivity contribution in [2.75, 3.05) is 11.9 Å². The zero-order valence-corrected chi connectivity index (χ0v) is 6.25. The predicted octanol–water partition coefficient (Wildman–Crippen LogP) is 1.02. The molecule has 1 aromatic rings. The lowest BCUT2D eigenvalue weighted by atomic mass is 10.0. The molecule has 0 saturated carbocycles. The van der Waals surface area contributed by atoms with Crippen LogP contribution >= 0.6 is 0 Å². The van der Waals surface area contributed by atoms with Gasteiger partial charge in [0.05, 0.1) is 6.10 Å². The lowest BCUT2D eigenvalue weighted by Gasteiger charge is -2.21. The van der Waals surface area contributed by atoms with Crippen LogP contribution in [0.25, 0.3) is 0 Å². The topological polar surface area (TPSA) is 32.3 Å². The Morgan fingerprint density at radius 1 is 1.36 bits per heavy atom. The molecule has 1 atom stereocenters. The van der Waals surface area contributed by atoms with Gasteiger partial charge in [-0.3, -0.25) is 0 Å². The van der Waals surface area contributed by atoms with Gasteiger partial charge in [-0.15, -0.1) is 0 Å². The Morgan fingerprint density at radius 2 is 2.18 bits per heavy atom. The van der Waals surface area contributed by atoms with Crippen molar-refractivity contribution in [1.82, 2.24) is 0 Å². The second-order valence-corrected chi connectivity index (χ2v) is 2.90. The molecule has 0 aromatic heterocycles. The number of nitrogens with one attached hydrogen (secondary N) is 1. The molecule has 0 unspecified atom stereocenters. The van der Waals surface area contributed by atoms with Gasteiger partial charge in [0.1, 0.15) is 0 Å². The summed E-state index contributed by atoms with van der Waals surface area (Å²) in [6, 6.07) is 8.09. The Balaban J connectivity index is 2.34. The third-order valence-corrected chi connectivity index (χ3v) is 2.00. The lowest BCUT2D eigenvalue weighted by molar-refractivity contribution is 0.184. The minimum absolute atomic E-state index is 0.218. The average molecular weight is 149 g/mol. The molecule has 0 radical (unpaired) electrons. The molecule has 0 spiro atoms. The molecule has 1 aliphatic rings. The van der Waals surface area contributed by atoms with E-state index in [-0.39, 0.29) is 6.10 Å². The average Bonchev–Trinajstić information content (AvgIpc) is 2.04. The van der Waals surface area contributed by atoms with E-state index in [9.17, 15) is 5.11 Å². The van der Waals surface area contributed by atoms with E-state index in [1.165, 1.54) is 5.56 Å². The first-order valence-corrected chi connectivity index (χ1v) is 3.86. The molecule has 0 bridgehead atoms. The summed E-state index contributed by atoms with van der Waals surface area (Å²) >= 11 is 0. The summed E-state index contributed by atoms with van der Waals surface area (Å²) < 4.78 is 0. The molecule has 0 fully saturated rings. The third kappa shape index (κ3) is 1.21. The highest BCUT2D eigenvalue weighted by atomic mass is 16.3. The van der Waals surface area contributed by atoms with Crippen molar-refractivity contribution < 1.29 is 5.11 Å². The zero-order valence-electron chi connectivity index (χ0n) is 6.25. The molecular weight excluding hydrogens is 138 g/mol. The largest absolute Gasteiger partial charge is 0.391 e. The molecule has 1 aromatic carbocycles. The summed E-state index contributed by atoms with van der Waals surface area (Å²) in [4.78, 5) is 0. The van der Waals surface area contributed by atoms with Crippen molar-refractivity contribution in [2.24, 2.45) is 0 Å². The van der Waals surface area contributed by atoms with Gasteiger partial charge in [0, 0.05) is 18.7 Å². The van der Waals surface area contributed by atoms with Crippen LogP contribution in [-0.2, 0) is 6.42 Å². The lowest BCUT2D eigenvalue weighted by Crippen LogP contribution is -2.27. The van der Waals surface area contributed by atoms with Gasteiger partial charge in [-0.25, -0.2) is 0 Å². The highest BCUT2D eigenvalue weighted by molar-refractivity contribution is 5.53. The smallest absolute Gasteiger partial charge is 0.0753 e. The minimum Gasteiger partial charge on any atom is -0.391 e. The summed E-state index contributed by atoms with van der Waals surface area (Å²) in [5, 5.41) is 12.5. The van der Waals surface area contributed by atoms with Crippen molar-refractivity contribution in [3.05, 3.63) is 29.8 Å². The number of aliphatic hydroxyl groups is 1. The number of fused-ring (bicyclic) bond motifs is 1. The number of benzene rings is 1. The normalized spacial score (nSPS) is 22.1. The number of anilines is 1. The number of hydrogen-bond acceptors (Lipinski definition) is 2. The Kier molecular flexibility index (Phi) is 1.55. The molecule has 11 heavy (non-hydrogen) atoms. The zero-order chi connectivity index (χ0) is 7.68. The maximum atomic E-state index is 9.29. The van der Waals surface area contributed by atoms with Crippen molar-refractivity contribution in [1.29, 1.82) is 0 Å². The van der Waals surface area contributed by atoms with Crippen LogP contribution in [0.5, 0.6) is 0 Å². The third-order valence-electron chi connectivity index (χ3n) is 2.00. The van der Waals surface area contributed by atoms with E-state index in [1.807, 2.05) is 24.3 Å². The summed E-state index contributed by atoms with van der Waals surface area (Å²) in [5.41, 5.74) is 2.38. The predicted molar refractivity (Wildman–Crippen MR) is 44.6 cm³/mol. The van der Waals surface area contributed by atoms with Crippen LogP contribution in [0.2, 0.25) is 0 Å². The van der Waals surface area contributed by atoms with Gasteiger partial charge in [-0.1, -0.05) is 18.2 Å². The van der Waals surface area contributed by atoms with Crippen LogP contribution in [0.1, 0.15) is 5.56 Å². The standard InChI is InChI=1S/C9H11NO/c11-8-5-7-3-1-2-4-9(7)10-6-8/h1-4,8,10-11H,5-6H2/t8-/m0/s1. The Morgan fingerprint density at radius 3 is 3.09 bits per heavy atom. The van der Waals surface area contributed by atoms with Gasteiger partial charge in [0.25, 0.3) is 0 Å². The molecule has 1 heterocycles. The Labute approximate surface area is 65.9 Å². The van der Waals surface area contributed by atoms with E-state index in [1.54, 1.807) is 0 Å². The van der Waals surface area contributed by atoms with E-state index in [2.05, 4.69) is 5.32 Å². The van der Waals surface area contributed by atoms with E-state index in [0.717, 1.165) is 12.1 Å². The van der Waals surface area contributed by atoms with Gasteiger partial charge in [0.15, 0.2) is 0 Å². The monoisotopic (exact) mass is 149 g/mol. The van der Waals surface area contributed by atoms with Crippen LogP contribution in [0.3, 0.4) is 0 Å². The fraction of sp³-hybridized carbons (Fsp3) is 0.333. The number of hydrogen-bond donors (Lipinski definition) is 2. The van der Waals surface area contributed by atoms with Crippen molar-refractivity contribution in [2.45, 2.75) is 12.5 Å². The number of rotatable bonds is 0. The number of para-hydroxylation sites is 1. The maximum Gasteiger partial charge on any atom is 0.0753 e. The fourth-order valence-electron chi connectivity index (χ4n) is 1.42. The molecular formula is C9H11NO. The molecule has 0 saturated heterocycles. The van der Waals surface area contributed by atoms with Crippen molar-refractivity contribution in [3.63, 3.8) is 0 Å². The van der Waals surface area contributed by atoms with Crippen LogP contribution in [-0.4, -0.2) is 17.8 Å². The molecule has 0 aliphatic carbocycles. The summed E-state index contributed by atoms with van der Waals surface area (Å²) in [5.74, 6) is 0. The van der Waals surface area contributed by atoms with E-state index >= 15 is 0 Å². The summed E-state index contributed by atoms with van der Waals surface area (Å²) in [6.07, 6.45) is 0.563. The number of β-amino-alcohol motifs (C(OH)–C–C–N with tert-alkyl or cyclic N) is 1. The van der Waals surface area contributed by atoms with Crippen LogP contribution in [0, 0.1) is 0 Å². The quantitative estimate of drug-likeness (QED) is 0.577. The fourth-order valence-corrected chi connectivity index (χ4v) is 1.42. The first-order valence-electron chi connectivity index (χ1n) is 3.86. The minimum atomic E-state index is -0.218. The van der Waals surface area contributed by atoms with Gasteiger partial charge >= 0.3 is 0 Å². The Bertz CT molecular complexity index is 259. The first-order chi connectivity index (χ1) is 5.36. The molecule has 0 amide bonds. The second-order valence-electron chi connectivity index (χ2n) is 2.90. The van der Waals surface area contributed by atoms with Crippen LogP contribution in [0.4, 0.5) is 5.69 Å². The molecule has 2 N–H and O–H groups in total. The second kappa shape index (κ2) is 2.55. The molecule has 2 nitrogen and oxygen atoms in total. The first kappa shape index (κ1) is 6.68. The molecule has 2 heteroatoms. The Hall–Kier alpha value is -1.02. The van der Waals surface area contributed by atoms with Gasteiger partial charge in [-0.2, -0.15) is 0 Å². The summed E-state index contributed by atoms with van der Waals surface area (Å²) in [7, 11) is 0. The number of aliphatic hydroxyl groups excluding tert-OH is 1. The van der Waals surface area contributed by atoms with Gasteiger partial charge < -0.3 is 10.4 Å². The highest BCUT2D eigenvalue weighted by Gasteiger charge is 2.13. The van der Waals surface area contributed by atoms with Gasteiger partial charge in [-0.05, 0) is 11.6 Å². The van der Waals surface area contributed by atoms with Crippen molar-refractivity contribution in [3.8, 4) is 0 Å². The van der Waals surface area contributed by atoms with Crippen LogP contribution < -0.4 is 5.32 Å². The highest BCUT2D eigenvalue weighted by Crippen LogP contribution is 2.20. The van der Waals surface area contributed by atoms with E-state index in [4.69, 9.17) is 0 Å². The van der Waals surface area contributed by atoms with Crippen LogP contribution in [0.15, 0.2) is 24.3 Å². The summed E-state index contributed by atoms with van der Waals surface area (Å²) in [6.45, 7) is 0.678. The van der Waals surface area contributed by atoms with E-state index in [0.29, 0.717) is 6.54 Å². The maximum absolute atomic E-state index is 9.29. The SMILES string of the molecule is O[C@@H]1CNc2ccccc2C1. The van der Waals surface area contributed by atoms with E-state index < -0.39 is 0 Å².